The highest BCUT2D eigenvalue weighted by Crippen LogP contribution is 2.24. The minimum atomic E-state index is 0.685. The highest BCUT2D eigenvalue weighted by molar-refractivity contribution is 9.10. The third-order valence-corrected chi connectivity index (χ3v) is 4.73. The lowest BCUT2D eigenvalue weighted by atomic mass is 10.0. The second kappa shape index (κ2) is 6.32. The first kappa shape index (κ1) is 12.8. The van der Waals surface area contributed by atoms with Crippen molar-refractivity contribution in [2.75, 3.05) is 23.4 Å². The van der Waals surface area contributed by atoms with Crippen molar-refractivity contribution < 1.29 is 0 Å². The van der Waals surface area contributed by atoms with E-state index in [1.54, 1.807) is 0 Å². The number of thioether (sulfide) groups is 1. The summed E-state index contributed by atoms with van der Waals surface area (Å²) >= 11 is 5.46. The van der Waals surface area contributed by atoms with Crippen LogP contribution in [0.15, 0.2) is 22.7 Å². The summed E-state index contributed by atoms with van der Waals surface area (Å²) < 4.78 is 0.865. The van der Waals surface area contributed by atoms with Crippen molar-refractivity contribution in [2.24, 2.45) is 5.92 Å². The first-order valence-electron chi connectivity index (χ1n) is 5.81. The molecule has 1 aliphatic rings. The van der Waals surface area contributed by atoms with Crippen LogP contribution in [0, 0.1) is 17.2 Å². The monoisotopic (exact) mass is 310 g/mol. The summed E-state index contributed by atoms with van der Waals surface area (Å²) in [5.41, 5.74) is 1.78. The highest BCUT2D eigenvalue weighted by Gasteiger charge is 2.13. The largest absolute Gasteiger partial charge is 0.385 e. The molecule has 2 rings (SSSR count). The van der Waals surface area contributed by atoms with Crippen molar-refractivity contribution in [3.8, 4) is 6.07 Å². The summed E-state index contributed by atoms with van der Waals surface area (Å²) in [5.74, 6) is 3.39. The second-order valence-corrected chi connectivity index (χ2v) is 6.32. The Hall–Kier alpha value is -0.660. The van der Waals surface area contributed by atoms with Gasteiger partial charge in [0.15, 0.2) is 0 Å². The van der Waals surface area contributed by atoms with Gasteiger partial charge in [0, 0.05) is 16.7 Å². The lowest BCUT2D eigenvalue weighted by Crippen LogP contribution is -2.19. The van der Waals surface area contributed by atoms with Gasteiger partial charge in [0.05, 0.1) is 5.56 Å². The zero-order valence-electron chi connectivity index (χ0n) is 9.58. The van der Waals surface area contributed by atoms with Gasteiger partial charge in [-0.15, -0.1) is 0 Å². The zero-order chi connectivity index (χ0) is 12.1. The molecule has 4 heteroatoms. The quantitative estimate of drug-likeness (QED) is 0.920. The van der Waals surface area contributed by atoms with Crippen molar-refractivity contribution in [1.29, 1.82) is 5.26 Å². The van der Waals surface area contributed by atoms with Crippen molar-refractivity contribution in [2.45, 2.75) is 12.8 Å². The zero-order valence-corrected chi connectivity index (χ0v) is 12.0. The summed E-state index contributed by atoms with van der Waals surface area (Å²) in [6, 6.07) is 7.96. The Morgan fingerprint density at radius 2 is 2.18 bits per heavy atom. The van der Waals surface area contributed by atoms with Crippen LogP contribution in [0.25, 0.3) is 0 Å². The van der Waals surface area contributed by atoms with Crippen molar-refractivity contribution in [1.82, 2.24) is 0 Å². The highest BCUT2D eigenvalue weighted by atomic mass is 79.9. The van der Waals surface area contributed by atoms with Crippen molar-refractivity contribution in [3.05, 3.63) is 28.2 Å². The maximum atomic E-state index is 8.84. The van der Waals surface area contributed by atoms with Crippen LogP contribution in [0.5, 0.6) is 0 Å². The van der Waals surface area contributed by atoms with Gasteiger partial charge in [-0.25, -0.2) is 0 Å². The predicted octanol–water partition coefficient (Wildman–Crippen LogP) is 3.88. The second-order valence-electron chi connectivity index (χ2n) is 4.24. The van der Waals surface area contributed by atoms with Gasteiger partial charge in [-0.1, -0.05) is 0 Å². The summed E-state index contributed by atoms with van der Waals surface area (Å²) in [5, 5.41) is 12.3. The lowest BCUT2D eigenvalue weighted by Gasteiger charge is -2.22. The Kier molecular flexibility index (Phi) is 4.75. The molecule has 0 amide bonds. The van der Waals surface area contributed by atoms with Crippen molar-refractivity contribution in [3.63, 3.8) is 0 Å². The Morgan fingerprint density at radius 3 is 2.82 bits per heavy atom. The molecule has 0 aliphatic carbocycles. The number of anilines is 1. The van der Waals surface area contributed by atoms with E-state index in [9.17, 15) is 0 Å². The molecule has 0 bridgehead atoms. The number of benzene rings is 1. The van der Waals surface area contributed by atoms with Gasteiger partial charge >= 0.3 is 0 Å². The average Bonchev–Trinajstić information content (AvgIpc) is 2.38. The van der Waals surface area contributed by atoms with Gasteiger partial charge in [0.25, 0.3) is 0 Å². The van der Waals surface area contributed by atoms with Gasteiger partial charge in [-0.2, -0.15) is 17.0 Å². The normalized spacial score (nSPS) is 16.5. The molecule has 2 nitrogen and oxygen atoms in total. The van der Waals surface area contributed by atoms with Crippen LogP contribution in [0.4, 0.5) is 5.69 Å². The number of halogens is 1. The molecule has 90 valence electrons. The fraction of sp³-hybridized carbons (Fsp3) is 0.462. The topological polar surface area (TPSA) is 35.8 Å². The van der Waals surface area contributed by atoms with E-state index in [-0.39, 0.29) is 0 Å². The van der Waals surface area contributed by atoms with Crippen LogP contribution < -0.4 is 5.32 Å². The Bertz CT molecular complexity index is 422. The molecular weight excluding hydrogens is 296 g/mol. The van der Waals surface area contributed by atoms with Gasteiger partial charge in [0.2, 0.25) is 0 Å². The van der Waals surface area contributed by atoms with E-state index in [1.165, 1.54) is 24.3 Å². The molecule has 1 saturated heterocycles. The molecule has 0 spiro atoms. The third kappa shape index (κ3) is 3.65. The lowest BCUT2D eigenvalue weighted by molar-refractivity contribution is 0.516. The number of nitrogens with one attached hydrogen (secondary N) is 1. The molecule has 0 atom stereocenters. The van der Waals surface area contributed by atoms with Gasteiger partial charge in [-0.05, 0) is 64.4 Å². The summed E-state index contributed by atoms with van der Waals surface area (Å²) in [4.78, 5) is 0. The maximum absolute atomic E-state index is 8.84. The minimum Gasteiger partial charge on any atom is -0.385 e. The molecule has 0 radical (unpaired) electrons. The molecule has 1 aromatic rings. The number of rotatable bonds is 3. The molecule has 1 fully saturated rings. The predicted molar refractivity (Wildman–Crippen MR) is 77.4 cm³/mol. The van der Waals surface area contributed by atoms with E-state index in [0.29, 0.717) is 5.56 Å². The number of hydrogen-bond donors (Lipinski definition) is 1. The molecular formula is C13H15BrN2S. The standard InChI is InChI=1S/C13H15BrN2S/c14-13-7-12(2-1-11(13)8-15)16-9-10-3-5-17-6-4-10/h1-2,7,10,16H,3-6,9H2. The molecule has 0 saturated carbocycles. The molecule has 1 aliphatic heterocycles. The van der Waals surface area contributed by atoms with E-state index in [4.69, 9.17) is 5.26 Å². The molecule has 1 heterocycles. The fourth-order valence-corrected chi connectivity index (χ4v) is 3.60. The Morgan fingerprint density at radius 1 is 1.41 bits per heavy atom. The van der Waals surface area contributed by atoms with E-state index in [2.05, 4.69) is 39.1 Å². The van der Waals surface area contributed by atoms with E-state index in [1.807, 2.05) is 18.2 Å². The van der Waals surface area contributed by atoms with E-state index >= 15 is 0 Å². The maximum Gasteiger partial charge on any atom is 0.100 e. The first-order chi connectivity index (χ1) is 8.29. The van der Waals surface area contributed by atoms with Crippen LogP contribution in [0.3, 0.4) is 0 Å². The fourth-order valence-electron chi connectivity index (χ4n) is 1.93. The van der Waals surface area contributed by atoms with Gasteiger partial charge in [-0.3, -0.25) is 0 Å². The number of nitriles is 1. The van der Waals surface area contributed by atoms with E-state index in [0.717, 1.165) is 22.6 Å². The SMILES string of the molecule is N#Cc1ccc(NCC2CCSCC2)cc1Br. The number of nitrogens with zero attached hydrogens (tertiary/aromatic N) is 1. The van der Waals surface area contributed by atoms with Crippen LogP contribution >= 0.6 is 27.7 Å². The molecule has 1 N–H and O–H groups in total. The third-order valence-electron chi connectivity index (χ3n) is 3.03. The van der Waals surface area contributed by atoms with E-state index < -0.39 is 0 Å². The summed E-state index contributed by atoms with van der Waals surface area (Å²) in [6.07, 6.45) is 2.63. The Balaban J connectivity index is 1.90. The molecule has 0 aromatic heterocycles. The first-order valence-corrected chi connectivity index (χ1v) is 7.75. The smallest absolute Gasteiger partial charge is 0.100 e. The Labute approximate surface area is 115 Å². The summed E-state index contributed by atoms with van der Waals surface area (Å²) in [6.45, 7) is 1.04. The van der Waals surface area contributed by atoms with Gasteiger partial charge in [0.1, 0.15) is 6.07 Å². The molecule has 17 heavy (non-hydrogen) atoms. The number of hydrogen-bond acceptors (Lipinski definition) is 3. The van der Waals surface area contributed by atoms with Gasteiger partial charge < -0.3 is 5.32 Å². The van der Waals surface area contributed by atoms with Crippen LogP contribution in [-0.2, 0) is 0 Å². The van der Waals surface area contributed by atoms with Crippen LogP contribution in [0.1, 0.15) is 18.4 Å². The van der Waals surface area contributed by atoms with Crippen LogP contribution in [-0.4, -0.2) is 18.1 Å². The van der Waals surface area contributed by atoms with Crippen LogP contribution in [0.2, 0.25) is 0 Å². The molecule has 1 aromatic carbocycles. The average molecular weight is 311 g/mol. The minimum absolute atomic E-state index is 0.685. The molecule has 0 unspecified atom stereocenters. The summed E-state index contributed by atoms with van der Waals surface area (Å²) in [7, 11) is 0. The van der Waals surface area contributed by atoms with Crippen molar-refractivity contribution >= 4 is 33.4 Å².